The summed E-state index contributed by atoms with van der Waals surface area (Å²) >= 11 is 0. The molecule has 1 rings (SSSR count). The first-order chi connectivity index (χ1) is 5.24. The Balaban J connectivity index is 2.64. The predicted molar refractivity (Wildman–Crippen MR) is 38.9 cm³/mol. The van der Waals surface area contributed by atoms with Gasteiger partial charge in [-0.2, -0.15) is 5.10 Å². The lowest BCUT2D eigenvalue weighted by Gasteiger charge is -1.97. The highest BCUT2D eigenvalue weighted by atomic mass is 16.5. The van der Waals surface area contributed by atoms with Crippen LogP contribution in [0.25, 0.3) is 0 Å². The summed E-state index contributed by atoms with van der Waals surface area (Å²) in [5.41, 5.74) is 5.35. The number of nitrogens with zero attached hydrogens (tertiary/aromatic N) is 1. The fraction of sp³-hybridized carbons (Fsp3) is 0.333. The van der Waals surface area contributed by atoms with Gasteiger partial charge in [-0.25, -0.2) is 0 Å². The molecule has 11 heavy (non-hydrogen) atoms. The van der Waals surface area contributed by atoms with E-state index in [4.69, 9.17) is 10.5 Å². The van der Waals surface area contributed by atoms with Crippen molar-refractivity contribution >= 4 is 11.8 Å². The first-order valence-corrected chi connectivity index (χ1v) is 3.23. The number of aromatic amines is 1. The van der Waals surface area contributed by atoms with Gasteiger partial charge in [0.1, 0.15) is 0 Å². The molecule has 5 heteroatoms. The zero-order valence-corrected chi connectivity index (χ0v) is 6.13. The minimum atomic E-state index is -0.321. The van der Waals surface area contributed by atoms with E-state index in [0.717, 1.165) is 0 Å². The normalized spacial score (nSPS) is 9.55. The van der Waals surface area contributed by atoms with E-state index in [1.54, 1.807) is 6.92 Å². The molecular weight excluding hydrogens is 146 g/mol. The summed E-state index contributed by atoms with van der Waals surface area (Å²) in [4.78, 5) is 10.7. The number of rotatable bonds is 2. The van der Waals surface area contributed by atoms with Gasteiger partial charge < -0.3 is 10.5 Å². The summed E-state index contributed by atoms with van der Waals surface area (Å²) in [7, 11) is 0. The predicted octanol–water partition coefficient (Wildman–Crippen LogP) is 0.307. The van der Waals surface area contributed by atoms with Gasteiger partial charge in [-0.05, 0) is 0 Å². The van der Waals surface area contributed by atoms with Crippen molar-refractivity contribution in [2.24, 2.45) is 0 Å². The maximum Gasteiger partial charge on any atom is 0.311 e. The third kappa shape index (κ3) is 1.70. The summed E-state index contributed by atoms with van der Waals surface area (Å²) < 4.78 is 4.78. The molecule has 0 bridgehead atoms. The monoisotopic (exact) mass is 155 g/mol. The SMILES string of the molecule is CCC(=O)Oc1cn[nH]c1N. The molecule has 0 fully saturated rings. The number of hydrogen-bond donors (Lipinski definition) is 2. The average molecular weight is 155 g/mol. The van der Waals surface area contributed by atoms with Crippen molar-refractivity contribution < 1.29 is 9.53 Å². The van der Waals surface area contributed by atoms with Gasteiger partial charge in [0, 0.05) is 6.42 Å². The van der Waals surface area contributed by atoms with Crippen LogP contribution in [0.1, 0.15) is 13.3 Å². The number of carbonyl (C=O) groups excluding carboxylic acids is 1. The van der Waals surface area contributed by atoms with Crippen molar-refractivity contribution in [3.8, 4) is 5.75 Å². The molecule has 0 atom stereocenters. The fourth-order valence-electron chi connectivity index (χ4n) is 0.561. The molecule has 0 aromatic carbocycles. The fourth-order valence-corrected chi connectivity index (χ4v) is 0.561. The summed E-state index contributed by atoms with van der Waals surface area (Å²) in [6.07, 6.45) is 1.69. The van der Waals surface area contributed by atoms with Crippen LogP contribution in [-0.4, -0.2) is 16.2 Å². The number of hydrogen-bond acceptors (Lipinski definition) is 4. The highest BCUT2D eigenvalue weighted by Gasteiger charge is 2.05. The van der Waals surface area contributed by atoms with Crippen LogP contribution < -0.4 is 10.5 Å². The smallest absolute Gasteiger partial charge is 0.311 e. The molecule has 0 aliphatic heterocycles. The summed E-state index contributed by atoms with van der Waals surface area (Å²) in [5, 5.41) is 6.03. The molecule has 0 saturated carbocycles. The molecule has 1 heterocycles. The highest BCUT2D eigenvalue weighted by molar-refractivity contribution is 5.73. The van der Waals surface area contributed by atoms with E-state index >= 15 is 0 Å². The lowest BCUT2D eigenvalue weighted by Crippen LogP contribution is -2.06. The molecule has 0 saturated heterocycles. The van der Waals surface area contributed by atoms with Crippen LogP contribution in [0.3, 0.4) is 0 Å². The third-order valence-corrected chi connectivity index (χ3v) is 1.14. The number of H-pyrrole nitrogens is 1. The van der Waals surface area contributed by atoms with Crippen LogP contribution >= 0.6 is 0 Å². The van der Waals surface area contributed by atoms with E-state index in [1.807, 2.05) is 0 Å². The van der Waals surface area contributed by atoms with Gasteiger partial charge in [0.25, 0.3) is 0 Å². The van der Waals surface area contributed by atoms with Crippen molar-refractivity contribution in [1.29, 1.82) is 0 Å². The molecule has 60 valence electrons. The molecule has 0 aliphatic rings. The highest BCUT2D eigenvalue weighted by Crippen LogP contribution is 2.16. The number of anilines is 1. The standard InChI is InChI=1S/C6H9N3O2/c1-2-5(10)11-4-3-8-9-6(4)7/h3H,2H2,1H3,(H3,7,8,9). The molecule has 1 aromatic heterocycles. The second-order valence-electron chi connectivity index (χ2n) is 1.98. The number of aromatic nitrogens is 2. The van der Waals surface area contributed by atoms with E-state index in [-0.39, 0.29) is 17.5 Å². The lowest BCUT2D eigenvalue weighted by molar-refractivity contribution is -0.133. The first kappa shape index (κ1) is 7.59. The quantitative estimate of drug-likeness (QED) is 0.602. The Morgan fingerprint density at radius 3 is 3.09 bits per heavy atom. The number of carbonyl (C=O) groups is 1. The van der Waals surface area contributed by atoms with E-state index in [9.17, 15) is 4.79 Å². The van der Waals surface area contributed by atoms with Crippen LogP contribution in [-0.2, 0) is 4.79 Å². The minimum absolute atomic E-state index is 0.270. The molecule has 1 aromatic rings. The van der Waals surface area contributed by atoms with Crippen LogP contribution in [0.5, 0.6) is 5.75 Å². The first-order valence-electron chi connectivity index (χ1n) is 3.23. The molecule has 0 unspecified atom stereocenters. The van der Waals surface area contributed by atoms with Gasteiger partial charge in [0.2, 0.25) is 0 Å². The Labute approximate surface area is 63.5 Å². The number of nitrogens with one attached hydrogen (secondary N) is 1. The molecular formula is C6H9N3O2. The van der Waals surface area contributed by atoms with Crippen LogP contribution in [0.2, 0.25) is 0 Å². The van der Waals surface area contributed by atoms with Gasteiger partial charge in [0.15, 0.2) is 11.6 Å². The molecule has 3 N–H and O–H groups in total. The van der Waals surface area contributed by atoms with E-state index in [2.05, 4.69) is 10.2 Å². The van der Waals surface area contributed by atoms with Crippen LogP contribution in [0.4, 0.5) is 5.82 Å². The third-order valence-electron chi connectivity index (χ3n) is 1.14. The van der Waals surface area contributed by atoms with Crippen molar-refractivity contribution in [2.45, 2.75) is 13.3 Å². The largest absolute Gasteiger partial charge is 0.421 e. The van der Waals surface area contributed by atoms with E-state index in [1.165, 1.54) is 6.20 Å². The van der Waals surface area contributed by atoms with Crippen LogP contribution in [0, 0.1) is 0 Å². The Kier molecular flexibility index (Phi) is 2.10. The Morgan fingerprint density at radius 2 is 2.64 bits per heavy atom. The Morgan fingerprint density at radius 1 is 1.91 bits per heavy atom. The molecule has 0 amide bonds. The van der Waals surface area contributed by atoms with Gasteiger partial charge >= 0.3 is 5.97 Å². The number of esters is 1. The Bertz CT molecular complexity index is 256. The molecule has 0 radical (unpaired) electrons. The van der Waals surface area contributed by atoms with Gasteiger partial charge in [-0.15, -0.1) is 0 Å². The van der Waals surface area contributed by atoms with Crippen molar-refractivity contribution in [2.75, 3.05) is 5.73 Å². The molecule has 0 aliphatic carbocycles. The van der Waals surface area contributed by atoms with E-state index < -0.39 is 0 Å². The minimum Gasteiger partial charge on any atom is -0.421 e. The van der Waals surface area contributed by atoms with Gasteiger partial charge in [-0.3, -0.25) is 9.89 Å². The summed E-state index contributed by atoms with van der Waals surface area (Å²) in [5.74, 6) is 0.238. The second-order valence-corrected chi connectivity index (χ2v) is 1.98. The zero-order valence-electron chi connectivity index (χ0n) is 6.13. The topological polar surface area (TPSA) is 81.0 Å². The molecule has 0 spiro atoms. The van der Waals surface area contributed by atoms with Crippen molar-refractivity contribution in [1.82, 2.24) is 10.2 Å². The number of ether oxygens (including phenoxy) is 1. The Hall–Kier alpha value is -1.52. The number of nitrogen functional groups attached to an aromatic ring is 1. The zero-order chi connectivity index (χ0) is 8.27. The van der Waals surface area contributed by atoms with Gasteiger partial charge in [-0.1, -0.05) is 6.92 Å². The maximum atomic E-state index is 10.7. The van der Waals surface area contributed by atoms with Crippen LogP contribution in [0.15, 0.2) is 6.20 Å². The van der Waals surface area contributed by atoms with Crippen molar-refractivity contribution in [3.63, 3.8) is 0 Å². The lowest BCUT2D eigenvalue weighted by atomic mass is 10.5. The van der Waals surface area contributed by atoms with Crippen molar-refractivity contribution in [3.05, 3.63) is 6.20 Å². The summed E-state index contributed by atoms with van der Waals surface area (Å²) in [6, 6.07) is 0. The van der Waals surface area contributed by atoms with Gasteiger partial charge in [0.05, 0.1) is 6.20 Å². The maximum absolute atomic E-state index is 10.7. The van der Waals surface area contributed by atoms with E-state index in [0.29, 0.717) is 6.42 Å². The second kappa shape index (κ2) is 3.05. The average Bonchev–Trinajstić information content (AvgIpc) is 2.37. The summed E-state index contributed by atoms with van der Waals surface area (Å²) in [6.45, 7) is 1.71. The molecule has 5 nitrogen and oxygen atoms in total. The number of nitrogens with two attached hydrogens (primary N) is 1.